The highest BCUT2D eigenvalue weighted by Crippen LogP contribution is 2.40. The van der Waals surface area contributed by atoms with E-state index in [-0.39, 0.29) is 6.10 Å². The number of rotatable bonds is 3. The van der Waals surface area contributed by atoms with Crippen LogP contribution in [0.2, 0.25) is 0 Å². The van der Waals surface area contributed by atoms with Crippen molar-refractivity contribution in [2.24, 2.45) is 17.8 Å². The molecular weight excluding hydrogens is 160 g/mol. The van der Waals surface area contributed by atoms with E-state index in [1.54, 1.807) is 0 Å². The first kappa shape index (κ1) is 11.0. The van der Waals surface area contributed by atoms with Crippen LogP contribution in [0.15, 0.2) is 0 Å². The number of aliphatic hydroxyl groups excluding tert-OH is 1. The van der Waals surface area contributed by atoms with E-state index >= 15 is 0 Å². The van der Waals surface area contributed by atoms with Gasteiger partial charge in [-0.3, -0.25) is 0 Å². The minimum Gasteiger partial charge on any atom is -0.393 e. The van der Waals surface area contributed by atoms with Crippen LogP contribution in [0.25, 0.3) is 0 Å². The number of hydrogen-bond acceptors (Lipinski definition) is 1. The van der Waals surface area contributed by atoms with E-state index in [0.717, 1.165) is 30.6 Å². The molecule has 0 amide bonds. The lowest BCUT2D eigenvalue weighted by Crippen LogP contribution is -2.34. The van der Waals surface area contributed by atoms with E-state index in [2.05, 4.69) is 20.8 Å². The molecule has 0 heterocycles. The van der Waals surface area contributed by atoms with Gasteiger partial charge in [0, 0.05) is 0 Å². The zero-order valence-electron chi connectivity index (χ0n) is 9.29. The predicted molar refractivity (Wildman–Crippen MR) is 56.6 cm³/mol. The average molecular weight is 184 g/mol. The van der Waals surface area contributed by atoms with Gasteiger partial charge in [0.1, 0.15) is 0 Å². The standard InChI is InChI=1S/C12H24O/c1-4-9-7-11(13)8-10(5-2)12(9)6-3/h9-13H,4-8H2,1-3H3. The Hall–Kier alpha value is -0.0400. The smallest absolute Gasteiger partial charge is 0.0545 e. The van der Waals surface area contributed by atoms with Gasteiger partial charge in [0.05, 0.1) is 6.10 Å². The molecule has 1 aliphatic carbocycles. The van der Waals surface area contributed by atoms with Gasteiger partial charge in [-0.05, 0) is 30.6 Å². The third-order valence-corrected chi connectivity index (χ3v) is 3.88. The Morgan fingerprint density at radius 1 is 0.923 bits per heavy atom. The second-order valence-corrected chi connectivity index (χ2v) is 4.53. The van der Waals surface area contributed by atoms with Crippen LogP contribution in [-0.2, 0) is 0 Å². The molecule has 2 unspecified atom stereocenters. The molecular formula is C12H24O. The van der Waals surface area contributed by atoms with Crippen molar-refractivity contribution in [2.45, 2.75) is 59.0 Å². The first-order valence-corrected chi connectivity index (χ1v) is 5.90. The van der Waals surface area contributed by atoms with Crippen molar-refractivity contribution in [3.05, 3.63) is 0 Å². The summed E-state index contributed by atoms with van der Waals surface area (Å²) in [5.74, 6) is 2.43. The zero-order chi connectivity index (χ0) is 9.84. The van der Waals surface area contributed by atoms with Gasteiger partial charge in [-0.15, -0.1) is 0 Å². The van der Waals surface area contributed by atoms with Crippen molar-refractivity contribution < 1.29 is 5.11 Å². The highest BCUT2D eigenvalue weighted by molar-refractivity contribution is 4.84. The Balaban J connectivity index is 2.61. The van der Waals surface area contributed by atoms with Gasteiger partial charge >= 0.3 is 0 Å². The van der Waals surface area contributed by atoms with Gasteiger partial charge in [-0.25, -0.2) is 0 Å². The third-order valence-electron chi connectivity index (χ3n) is 3.88. The van der Waals surface area contributed by atoms with Crippen LogP contribution >= 0.6 is 0 Å². The van der Waals surface area contributed by atoms with Crippen LogP contribution in [0.3, 0.4) is 0 Å². The molecule has 0 aromatic heterocycles. The molecule has 1 rings (SSSR count). The topological polar surface area (TPSA) is 20.2 Å². The van der Waals surface area contributed by atoms with Gasteiger partial charge in [0.25, 0.3) is 0 Å². The lowest BCUT2D eigenvalue weighted by atomic mass is 9.68. The van der Waals surface area contributed by atoms with Gasteiger partial charge < -0.3 is 5.11 Å². The zero-order valence-corrected chi connectivity index (χ0v) is 9.29. The Morgan fingerprint density at radius 3 is 1.69 bits per heavy atom. The highest BCUT2D eigenvalue weighted by atomic mass is 16.3. The molecule has 0 bridgehead atoms. The molecule has 13 heavy (non-hydrogen) atoms. The van der Waals surface area contributed by atoms with E-state index in [9.17, 15) is 5.11 Å². The van der Waals surface area contributed by atoms with Crippen molar-refractivity contribution in [3.63, 3.8) is 0 Å². The quantitative estimate of drug-likeness (QED) is 0.714. The molecule has 1 heteroatoms. The third kappa shape index (κ3) is 2.46. The van der Waals surface area contributed by atoms with Crippen LogP contribution in [0, 0.1) is 17.8 Å². The van der Waals surface area contributed by atoms with Gasteiger partial charge in [-0.2, -0.15) is 0 Å². The minimum atomic E-state index is -0.0160. The first-order chi connectivity index (χ1) is 6.22. The Labute approximate surface area is 82.5 Å². The van der Waals surface area contributed by atoms with Gasteiger partial charge in [0.2, 0.25) is 0 Å². The van der Waals surface area contributed by atoms with Crippen molar-refractivity contribution in [2.75, 3.05) is 0 Å². The fourth-order valence-corrected chi connectivity index (χ4v) is 3.14. The first-order valence-electron chi connectivity index (χ1n) is 5.90. The second-order valence-electron chi connectivity index (χ2n) is 4.53. The van der Waals surface area contributed by atoms with Crippen molar-refractivity contribution >= 4 is 0 Å². The minimum absolute atomic E-state index is 0.0160. The van der Waals surface area contributed by atoms with E-state index in [1.165, 1.54) is 19.3 Å². The summed E-state index contributed by atoms with van der Waals surface area (Å²) in [5, 5.41) is 9.73. The summed E-state index contributed by atoms with van der Waals surface area (Å²) in [6.45, 7) is 6.82. The van der Waals surface area contributed by atoms with E-state index < -0.39 is 0 Å². The maximum absolute atomic E-state index is 9.73. The van der Waals surface area contributed by atoms with Crippen LogP contribution < -0.4 is 0 Å². The summed E-state index contributed by atoms with van der Waals surface area (Å²) in [5.41, 5.74) is 0. The monoisotopic (exact) mass is 184 g/mol. The van der Waals surface area contributed by atoms with E-state index in [0.29, 0.717) is 0 Å². The average Bonchev–Trinajstić information content (AvgIpc) is 2.16. The SMILES string of the molecule is CCC1CC(O)CC(CC)C1CC. The molecule has 78 valence electrons. The molecule has 0 aromatic rings. The lowest BCUT2D eigenvalue weighted by Gasteiger charge is -2.39. The molecule has 0 saturated heterocycles. The molecule has 1 nitrogen and oxygen atoms in total. The summed E-state index contributed by atoms with van der Waals surface area (Å²) >= 11 is 0. The predicted octanol–water partition coefficient (Wildman–Crippen LogP) is 3.22. The largest absolute Gasteiger partial charge is 0.393 e. The molecule has 1 saturated carbocycles. The highest BCUT2D eigenvalue weighted by Gasteiger charge is 2.33. The number of aliphatic hydroxyl groups is 1. The Kier molecular flexibility index (Phi) is 4.24. The van der Waals surface area contributed by atoms with Crippen molar-refractivity contribution in [3.8, 4) is 0 Å². The summed E-state index contributed by atoms with van der Waals surface area (Å²) in [4.78, 5) is 0. The van der Waals surface area contributed by atoms with Crippen LogP contribution in [0.5, 0.6) is 0 Å². The maximum Gasteiger partial charge on any atom is 0.0545 e. The van der Waals surface area contributed by atoms with Crippen molar-refractivity contribution in [1.29, 1.82) is 0 Å². The van der Waals surface area contributed by atoms with Crippen molar-refractivity contribution in [1.82, 2.24) is 0 Å². The fraction of sp³-hybridized carbons (Fsp3) is 1.00. The van der Waals surface area contributed by atoms with Crippen LogP contribution in [0.1, 0.15) is 52.9 Å². The summed E-state index contributed by atoms with van der Waals surface area (Å²) < 4.78 is 0. The maximum atomic E-state index is 9.73. The summed E-state index contributed by atoms with van der Waals surface area (Å²) in [7, 11) is 0. The molecule has 0 spiro atoms. The lowest BCUT2D eigenvalue weighted by molar-refractivity contribution is 0.0222. The fourth-order valence-electron chi connectivity index (χ4n) is 3.14. The Bertz CT molecular complexity index is 130. The molecule has 1 fully saturated rings. The molecule has 2 atom stereocenters. The van der Waals surface area contributed by atoms with Crippen LogP contribution in [-0.4, -0.2) is 11.2 Å². The molecule has 1 aliphatic rings. The van der Waals surface area contributed by atoms with E-state index in [1.807, 2.05) is 0 Å². The molecule has 0 radical (unpaired) electrons. The molecule has 0 aliphatic heterocycles. The van der Waals surface area contributed by atoms with Gasteiger partial charge in [-0.1, -0.05) is 40.0 Å². The molecule has 0 aromatic carbocycles. The number of hydrogen-bond donors (Lipinski definition) is 1. The summed E-state index contributed by atoms with van der Waals surface area (Å²) in [6, 6.07) is 0. The Morgan fingerprint density at radius 2 is 1.38 bits per heavy atom. The van der Waals surface area contributed by atoms with Crippen LogP contribution in [0.4, 0.5) is 0 Å². The second kappa shape index (κ2) is 4.99. The molecule has 1 N–H and O–H groups in total. The van der Waals surface area contributed by atoms with E-state index in [4.69, 9.17) is 0 Å². The van der Waals surface area contributed by atoms with Gasteiger partial charge in [0.15, 0.2) is 0 Å². The summed E-state index contributed by atoms with van der Waals surface area (Å²) in [6.07, 6.45) is 5.86. The normalized spacial score (nSPS) is 40.6.